The van der Waals surface area contributed by atoms with Gasteiger partial charge in [0.2, 0.25) is 0 Å². The Balaban J connectivity index is 1.93. The van der Waals surface area contributed by atoms with Crippen LogP contribution in [0.1, 0.15) is 44.0 Å². The topological polar surface area (TPSA) is 42.7 Å². The van der Waals surface area contributed by atoms with Crippen molar-refractivity contribution in [1.82, 2.24) is 14.8 Å². The molecule has 1 N–H and O–H groups in total. The van der Waals surface area contributed by atoms with Gasteiger partial charge in [0.15, 0.2) is 0 Å². The highest BCUT2D eigenvalue weighted by Crippen LogP contribution is 2.36. The van der Waals surface area contributed by atoms with Crippen LogP contribution in [0, 0.1) is 5.92 Å². The van der Waals surface area contributed by atoms with Crippen molar-refractivity contribution in [3.05, 3.63) is 40.3 Å². The molecule has 0 aliphatic carbocycles. The van der Waals surface area contributed by atoms with Crippen molar-refractivity contribution in [2.75, 3.05) is 11.9 Å². The van der Waals surface area contributed by atoms with Crippen molar-refractivity contribution in [3.8, 4) is 0 Å². The average molecular weight is 349 g/mol. The third-order valence-electron chi connectivity index (χ3n) is 3.95. The summed E-state index contributed by atoms with van der Waals surface area (Å²) in [5, 5.41) is 8.33. The highest BCUT2D eigenvalue weighted by Gasteiger charge is 2.26. The molecule has 1 unspecified atom stereocenters. The van der Waals surface area contributed by atoms with Gasteiger partial charge in [-0.15, -0.1) is 0 Å². The van der Waals surface area contributed by atoms with Gasteiger partial charge in [-0.25, -0.2) is 4.68 Å². The number of fused-ring (bicyclic) bond motifs is 1. The second kappa shape index (κ2) is 6.18. The maximum atomic E-state index is 4.86. The lowest BCUT2D eigenvalue weighted by Crippen LogP contribution is -2.24. The molecule has 21 heavy (non-hydrogen) atoms. The quantitative estimate of drug-likeness (QED) is 0.906. The van der Waals surface area contributed by atoms with Crippen molar-refractivity contribution in [3.63, 3.8) is 0 Å². The Morgan fingerprint density at radius 2 is 2.33 bits per heavy atom. The Hall–Kier alpha value is -1.36. The summed E-state index contributed by atoms with van der Waals surface area (Å²) in [6.45, 7) is 5.47. The summed E-state index contributed by atoms with van der Waals surface area (Å²) in [7, 11) is 0. The van der Waals surface area contributed by atoms with Gasteiger partial charge in [-0.3, -0.25) is 4.98 Å². The van der Waals surface area contributed by atoms with E-state index >= 15 is 0 Å². The van der Waals surface area contributed by atoms with Crippen molar-refractivity contribution in [2.24, 2.45) is 5.92 Å². The second-order valence-corrected chi connectivity index (χ2v) is 6.80. The zero-order valence-electron chi connectivity index (χ0n) is 12.5. The van der Waals surface area contributed by atoms with Gasteiger partial charge in [-0.05, 0) is 52.7 Å². The molecular formula is C16H21BrN4. The summed E-state index contributed by atoms with van der Waals surface area (Å²) in [6, 6.07) is 4.41. The molecule has 1 aliphatic heterocycles. The maximum Gasteiger partial charge on any atom is 0.139 e. The molecule has 3 rings (SSSR count). The maximum absolute atomic E-state index is 4.86. The number of aromatic nitrogens is 3. The minimum absolute atomic E-state index is 0.277. The highest BCUT2D eigenvalue weighted by atomic mass is 79.9. The molecule has 112 valence electrons. The molecular weight excluding hydrogens is 328 g/mol. The van der Waals surface area contributed by atoms with Crippen molar-refractivity contribution < 1.29 is 0 Å². The van der Waals surface area contributed by atoms with E-state index in [2.05, 4.69) is 50.8 Å². The van der Waals surface area contributed by atoms with E-state index in [4.69, 9.17) is 5.10 Å². The van der Waals surface area contributed by atoms with E-state index in [0.717, 1.165) is 41.8 Å². The van der Waals surface area contributed by atoms with Gasteiger partial charge < -0.3 is 5.32 Å². The standard InChI is InChI=1S/C16H21BrN4/c1-11(2)5-6-13-15(17)16-19-9-7-14(21(16)20-13)12-4-3-8-18-10-12/h3-4,8,10-11,14,19H,5-7,9H2,1-2H3. The first-order valence-corrected chi connectivity index (χ1v) is 8.36. The van der Waals surface area contributed by atoms with Crippen molar-refractivity contribution in [2.45, 2.75) is 39.2 Å². The van der Waals surface area contributed by atoms with Gasteiger partial charge in [0.1, 0.15) is 5.82 Å². The fourth-order valence-corrected chi connectivity index (χ4v) is 3.36. The molecule has 0 radical (unpaired) electrons. The zero-order chi connectivity index (χ0) is 14.8. The molecule has 0 amide bonds. The molecule has 0 saturated carbocycles. The van der Waals surface area contributed by atoms with E-state index in [9.17, 15) is 0 Å². The van der Waals surface area contributed by atoms with Crippen LogP contribution in [-0.4, -0.2) is 21.3 Å². The molecule has 0 bridgehead atoms. The Morgan fingerprint density at radius 1 is 1.48 bits per heavy atom. The Morgan fingerprint density at radius 3 is 3.05 bits per heavy atom. The number of nitrogens with one attached hydrogen (secondary N) is 1. The Bertz CT molecular complexity index is 606. The SMILES string of the molecule is CC(C)CCc1nn2c(c1Br)NCCC2c1cccnc1. The molecule has 1 atom stereocenters. The number of rotatable bonds is 4. The van der Waals surface area contributed by atoms with Crippen LogP contribution < -0.4 is 5.32 Å². The van der Waals surface area contributed by atoms with Crippen LogP contribution in [0.5, 0.6) is 0 Å². The summed E-state index contributed by atoms with van der Waals surface area (Å²) in [6.07, 6.45) is 6.98. The minimum atomic E-state index is 0.277. The number of aryl methyl sites for hydroxylation is 1. The van der Waals surface area contributed by atoms with E-state index in [1.165, 1.54) is 5.56 Å². The van der Waals surface area contributed by atoms with Crippen molar-refractivity contribution >= 4 is 21.7 Å². The average Bonchev–Trinajstić information content (AvgIpc) is 2.83. The smallest absolute Gasteiger partial charge is 0.139 e. The van der Waals surface area contributed by atoms with E-state index in [1.54, 1.807) is 0 Å². The molecule has 3 heterocycles. The van der Waals surface area contributed by atoms with Crippen LogP contribution >= 0.6 is 15.9 Å². The van der Waals surface area contributed by atoms with E-state index in [1.807, 2.05) is 18.5 Å². The third kappa shape index (κ3) is 2.98. The summed E-state index contributed by atoms with van der Waals surface area (Å²) in [5.41, 5.74) is 2.38. The zero-order valence-corrected chi connectivity index (χ0v) is 14.1. The molecule has 0 fully saturated rings. The van der Waals surface area contributed by atoms with Gasteiger partial charge >= 0.3 is 0 Å². The molecule has 4 nitrogen and oxygen atoms in total. The molecule has 5 heteroatoms. The molecule has 2 aromatic heterocycles. The molecule has 0 saturated heterocycles. The largest absolute Gasteiger partial charge is 0.369 e. The molecule has 0 spiro atoms. The van der Waals surface area contributed by atoms with E-state index in [-0.39, 0.29) is 6.04 Å². The van der Waals surface area contributed by atoms with Crippen LogP contribution in [0.25, 0.3) is 0 Å². The monoisotopic (exact) mass is 348 g/mol. The summed E-state index contributed by atoms with van der Waals surface area (Å²) < 4.78 is 3.25. The van der Waals surface area contributed by atoms with Crippen LogP contribution in [0.2, 0.25) is 0 Å². The minimum Gasteiger partial charge on any atom is -0.369 e. The first kappa shape index (κ1) is 14.6. The van der Waals surface area contributed by atoms with Crippen LogP contribution in [0.3, 0.4) is 0 Å². The van der Waals surface area contributed by atoms with Gasteiger partial charge in [0, 0.05) is 18.9 Å². The molecule has 2 aromatic rings. The van der Waals surface area contributed by atoms with E-state index < -0.39 is 0 Å². The predicted octanol–water partition coefficient (Wildman–Crippen LogP) is 4.03. The Labute approximate surface area is 134 Å². The van der Waals surface area contributed by atoms with Crippen molar-refractivity contribution in [1.29, 1.82) is 0 Å². The van der Waals surface area contributed by atoms with E-state index in [0.29, 0.717) is 5.92 Å². The number of hydrogen-bond donors (Lipinski definition) is 1. The lowest BCUT2D eigenvalue weighted by atomic mass is 10.0. The predicted molar refractivity (Wildman–Crippen MR) is 88.6 cm³/mol. The van der Waals surface area contributed by atoms with Gasteiger partial charge in [-0.2, -0.15) is 5.10 Å². The first-order chi connectivity index (χ1) is 10.2. The van der Waals surface area contributed by atoms with Gasteiger partial charge in [0.25, 0.3) is 0 Å². The lowest BCUT2D eigenvalue weighted by molar-refractivity contribution is 0.474. The van der Waals surface area contributed by atoms with Gasteiger partial charge in [0.05, 0.1) is 16.2 Å². The number of pyridine rings is 1. The number of anilines is 1. The lowest BCUT2D eigenvalue weighted by Gasteiger charge is -2.25. The normalized spacial score (nSPS) is 17.6. The highest BCUT2D eigenvalue weighted by molar-refractivity contribution is 9.10. The summed E-state index contributed by atoms with van der Waals surface area (Å²) in [4.78, 5) is 4.25. The summed E-state index contributed by atoms with van der Waals surface area (Å²) in [5.74, 6) is 1.80. The first-order valence-electron chi connectivity index (χ1n) is 7.57. The Kier molecular flexibility index (Phi) is 4.29. The van der Waals surface area contributed by atoms with Gasteiger partial charge in [-0.1, -0.05) is 19.9 Å². The second-order valence-electron chi connectivity index (χ2n) is 6.00. The third-order valence-corrected chi connectivity index (χ3v) is 4.79. The number of nitrogens with zero attached hydrogens (tertiary/aromatic N) is 3. The number of halogens is 1. The number of hydrogen-bond acceptors (Lipinski definition) is 3. The molecule has 1 aliphatic rings. The molecule has 0 aromatic carbocycles. The summed E-state index contributed by atoms with van der Waals surface area (Å²) >= 11 is 3.73. The fraction of sp³-hybridized carbons (Fsp3) is 0.500. The van der Waals surface area contributed by atoms with Crippen LogP contribution in [0.4, 0.5) is 5.82 Å². The van der Waals surface area contributed by atoms with Crippen LogP contribution in [-0.2, 0) is 6.42 Å². The fourth-order valence-electron chi connectivity index (χ4n) is 2.76. The van der Waals surface area contributed by atoms with Crippen LogP contribution in [0.15, 0.2) is 29.0 Å².